The van der Waals surface area contributed by atoms with Gasteiger partial charge in [-0.05, 0) is 64.3 Å². The first-order valence-electron chi connectivity index (χ1n) is 10.4. The van der Waals surface area contributed by atoms with Crippen LogP contribution in [-0.2, 0) is 0 Å². The van der Waals surface area contributed by atoms with Gasteiger partial charge in [0, 0.05) is 24.0 Å². The minimum atomic E-state index is -0.347. The lowest BCUT2D eigenvalue weighted by Crippen LogP contribution is -2.36. The van der Waals surface area contributed by atoms with Gasteiger partial charge in [0.2, 0.25) is 5.82 Å². The monoisotopic (exact) mass is 396 g/mol. The van der Waals surface area contributed by atoms with E-state index in [4.69, 9.17) is 8.94 Å². The summed E-state index contributed by atoms with van der Waals surface area (Å²) >= 11 is 0. The van der Waals surface area contributed by atoms with Crippen molar-refractivity contribution in [2.75, 3.05) is 26.2 Å². The summed E-state index contributed by atoms with van der Waals surface area (Å²) in [7, 11) is 0. The van der Waals surface area contributed by atoms with Crippen molar-refractivity contribution in [2.24, 2.45) is 5.92 Å². The summed E-state index contributed by atoms with van der Waals surface area (Å²) in [6.07, 6.45) is 3.48. The predicted molar refractivity (Wildman–Crippen MR) is 111 cm³/mol. The van der Waals surface area contributed by atoms with Gasteiger partial charge in [0.15, 0.2) is 5.76 Å². The molecular formula is C22H28N4O3. The van der Waals surface area contributed by atoms with Crippen LogP contribution in [0.2, 0.25) is 0 Å². The fraction of sp³-hybridized carbons (Fsp3) is 0.500. The number of rotatable bonds is 6. The van der Waals surface area contributed by atoms with Crippen molar-refractivity contribution in [3.05, 3.63) is 35.2 Å². The Hall–Kier alpha value is -2.67. The first kappa shape index (κ1) is 19.6. The Labute approximate surface area is 170 Å². The lowest BCUT2D eigenvalue weighted by Gasteiger charge is -2.30. The van der Waals surface area contributed by atoms with Crippen molar-refractivity contribution < 1.29 is 13.7 Å². The third kappa shape index (κ3) is 4.34. The van der Waals surface area contributed by atoms with Gasteiger partial charge in [-0.15, -0.1) is 0 Å². The van der Waals surface area contributed by atoms with Crippen molar-refractivity contribution in [1.82, 2.24) is 20.4 Å². The molecule has 1 fully saturated rings. The maximum Gasteiger partial charge on any atom is 0.316 e. The van der Waals surface area contributed by atoms with Gasteiger partial charge in [-0.3, -0.25) is 4.79 Å². The number of aryl methyl sites for hydroxylation is 2. The first-order chi connectivity index (χ1) is 14.0. The van der Waals surface area contributed by atoms with E-state index in [1.165, 1.54) is 12.8 Å². The van der Waals surface area contributed by atoms with E-state index < -0.39 is 0 Å². The standard InChI is InChI=1S/C22H28N4O3/c1-14-7-8-18-17(12-14)16(3)19(28-18)20-24-22(29-25-20)21(27)23-9-5-11-26-10-4-6-15(2)13-26/h7-8,12,15H,4-6,9-11,13H2,1-3H3,(H,23,27)/t15-/m0/s1. The third-order valence-corrected chi connectivity index (χ3v) is 5.59. The number of nitrogens with one attached hydrogen (secondary N) is 1. The highest BCUT2D eigenvalue weighted by Crippen LogP contribution is 2.31. The largest absolute Gasteiger partial charge is 0.452 e. The second-order valence-electron chi connectivity index (χ2n) is 8.14. The molecule has 1 amide bonds. The van der Waals surface area contributed by atoms with Crippen LogP contribution >= 0.6 is 0 Å². The lowest BCUT2D eigenvalue weighted by atomic mass is 10.0. The molecule has 3 heterocycles. The van der Waals surface area contributed by atoms with Crippen molar-refractivity contribution in [3.8, 4) is 11.6 Å². The van der Waals surface area contributed by atoms with E-state index in [9.17, 15) is 4.79 Å². The number of benzene rings is 1. The Morgan fingerprint density at radius 1 is 1.34 bits per heavy atom. The number of carbonyl (C=O) groups excluding carboxylic acids is 1. The number of amides is 1. The Bertz CT molecular complexity index is 1010. The zero-order chi connectivity index (χ0) is 20.4. The topological polar surface area (TPSA) is 84.4 Å². The molecule has 0 spiro atoms. The summed E-state index contributed by atoms with van der Waals surface area (Å²) in [4.78, 5) is 19.1. The summed E-state index contributed by atoms with van der Waals surface area (Å²) in [5.41, 5.74) is 2.86. The van der Waals surface area contributed by atoms with E-state index in [-0.39, 0.29) is 11.8 Å². The van der Waals surface area contributed by atoms with E-state index in [0.717, 1.165) is 54.1 Å². The number of nitrogens with zero attached hydrogens (tertiary/aromatic N) is 3. The van der Waals surface area contributed by atoms with Crippen LogP contribution < -0.4 is 5.32 Å². The number of fused-ring (bicyclic) bond motifs is 1. The van der Waals surface area contributed by atoms with Gasteiger partial charge < -0.3 is 19.2 Å². The molecular weight excluding hydrogens is 368 g/mol. The highest BCUT2D eigenvalue weighted by atomic mass is 16.5. The fourth-order valence-electron chi connectivity index (χ4n) is 4.03. The number of carbonyl (C=O) groups is 1. The maximum atomic E-state index is 12.3. The van der Waals surface area contributed by atoms with Crippen LogP contribution in [0.1, 0.15) is 48.0 Å². The van der Waals surface area contributed by atoms with Gasteiger partial charge in [-0.25, -0.2) is 0 Å². The zero-order valence-electron chi connectivity index (χ0n) is 17.3. The van der Waals surface area contributed by atoms with Crippen LogP contribution in [-0.4, -0.2) is 47.1 Å². The van der Waals surface area contributed by atoms with Crippen LogP contribution in [0.4, 0.5) is 0 Å². The molecule has 1 aliphatic rings. The molecule has 0 unspecified atom stereocenters. The molecule has 3 aromatic rings. The Balaban J connectivity index is 1.35. The van der Waals surface area contributed by atoms with E-state index in [1.807, 2.05) is 26.0 Å². The minimum absolute atomic E-state index is 0.0392. The van der Waals surface area contributed by atoms with Crippen molar-refractivity contribution >= 4 is 16.9 Å². The summed E-state index contributed by atoms with van der Waals surface area (Å²) in [6.45, 7) is 10.2. The first-order valence-corrected chi connectivity index (χ1v) is 10.4. The van der Waals surface area contributed by atoms with Gasteiger partial charge in [0.1, 0.15) is 5.58 Å². The number of piperidine rings is 1. The van der Waals surface area contributed by atoms with Crippen molar-refractivity contribution in [3.63, 3.8) is 0 Å². The van der Waals surface area contributed by atoms with Crippen LogP contribution in [0.25, 0.3) is 22.6 Å². The predicted octanol–water partition coefficient (Wildman–Crippen LogP) is 3.95. The molecule has 1 aliphatic heterocycles. The van der Waals surface area contributed by atoms with E-state index >= 15 is 0 Å². The van der Waals surface area contributed by atoms with Crippen LogP contribution in [0, 0.1) is 19.8 Å². The van der Waals surface area contributed by atoms with Gasteiger partial charge in [-0.2, -0.15) is 4.98 Å². The SMILES string of the molecule is Cc1ccc2oc(-c3noc(C(=O)NCCCN4CCC[C@H](C)C4)n3)c(C)c2c1. The van der Waals surface area contributed by atoms with Crippen LogP contribution in [0.15, 0.2) is 27.1 Å². The third-order valence-electron chi connectivity index (χ3n) is 5.59. The summed E-state index contributed by atoms with van der Waals surface area (Å²) in [5, 5.41) is 7.83. The van der Waals surface area contributed by atoms with E-state index in [0.29, 0.717) is 18.1 Å². The number of hydrogen-bond acceptors (Lipinski definition) is 6. The van der Waals surface area contributed by atoms with Gasteiger partial charge in [0.25, 0.3) is 0 Å². The summed E-state index contributed by atoms with van der Waals surface area (Å²) in [6, 6.07) is 5.99. The molecule has 7 nitrogen and oxygen atoms in total. The Morgan fingerprint density at radius 3 is 3.03 bits per heavy atom. The number of likely N-dealkylation sites (tertiary alicyclic amines) is 1. The minimum Gasteiger partial charge on any atom is -0.452 e. The molecule has 1 saturated heterocycles. The number of furan rings is 1. The molecule has 1 N–H and O–H groups in total. The molecule has 4 rings (SSSR count). The number of hydrogen-bond donors (Lipinski definition) is 1. The normalized spacial score (nSPS) is 17.7. The molecule has 1 atom stereocenters. The molecule has 0 saturated carbocycles. The molecule has 2 aromatic heterocycles. The van der Waals surface area contributed by atoms with E-state index in [1.54, 1.807) is 0 Å². The Kier molecular flexibility index (Phi) is 5.67. The van der Waals surface area contributed by atoms with Crippen molar-refractivity contribution in [2.45, 2.75) is 40.0 Å². The Morgan fingerprint density at radius 2 is 2.21 bits per heavy atom. The highest BCUT2D eigenvalue weighted by Gasteiger charge is 2.21. The van der Waals surface area contributed by atoms with Gasteiger partial charge in [-0.1, -0.05) is 23.7 Å². The van der Waals surface area contributed by atoms with Crippen LogP contribution in [0.3, 0.4) is 0 Å². The fourth-order valence-corrected chi connectivity index (χ4v) is 4.03. The average Bonchev–Trinajstić information content (AvgIpc) is 3.31. The van der Waals surface area contributed by atoms with Crippen molar-refractivity contribution in [1.29, 1.82) is 0 Å². The quantitative estimate of drug-likeness (QED) is 0.635. The summed E-state index contributed by atoms with van der Waals surface area (Å²) in [5.74, 6) is 1.21. The molecule has 0 aliphatic carbocycles. The second kappa shape index (κ2) is 8.37. The maximum absolute atomic E-state index is 12.3. The zero-order valence-corrected chi connectivity index (χ0v) is 17.3. The molecule has 7 heteroatoms. The second-order valence-corrected chi connectivity index (χ2v) is 8.14. The average molecular weight is 396 g/mol. The van der Waals surface area contributed by atoms with Gasteiger partial charge >= 0.3 is 11.8 Å². The molecule has 29 heavy (non-hydrogen) atoms. The molecule has 0 radical (unpaired) electrons. The van der Waals surface area contributed by atoms with E-state index in [2.05, 4.69) is 33.3 Å². The molecule has 1 aromatic carbocycles. The molecule has 154 valence electrons. The molecule has 0 bridgehead atoms. The lowest BCUT2D eigenvalue weighted by molar-refractivity contribution is 0.0906. The highest BCUT2D eigenvalue weighted by molar-refractivity contribution is 5.90. The smallest absolute Gasteiger partial charge is 0.316 e. The summed E-state index contributed by atoms with van der Waals surface area (Å²) < 4.78 is 11.1. The number of aromatic nitrogens is 2. The van der Waals surface area contributed by atoms with Crippen LogP contribution in [0.5, 0.6) is 0 Å². The van der Waals surface area contributed by atoms with Gasteiger partial charge in [0.05, 0.1) is 0 Å².